The smallest absolute Gasteiger partial charge is 0.00941 e. The second-order valence-corrected chi connectivity index (χ2v) is 5.94. The zero-order valence-corrected chi connectivity index (χ0v) is 18.9. The first kappa shape index (κ1) is 29.2. The van der Waals surface area contributed by atoms with Gasteiger partial charge >= 0.3 is 0 Å². The third kappa shape index (κ3) is 18.8. The zero-order chi connectivity index (χ0) is 20.6. The van der Waals surface area contributed by atoms with Crippen LogP contribution in [0.5, 0.6) is 0 Å². The number of unbranched alkanes of at least 4 members (excludes halogenated alkanes) is 4. The van der Waals surface area contributed by atoms with Gasteiger partial charge in [0.2, 0.25) is 0 Å². The lowest BCUT2D eigenvalue weighted by Crippen LogP contribution is -1.89. The van der Waals surface area contributed by atoms with Gasteiger partial charge in [0.05, 0.1) is 0 Å². The Hall–Kier alpha value is -1.56. The van der Waals surface area contributed by atoms with Crippen LogP contribution in [0.3, 0.4) is 0 Å². The summed E-state index contributed by atoms with van der Waals surface area (Å²) in [6, 6.07) is 6.34. The molecule has 0 spiro atoms. The molecule has 1 aromatic carbocycles. The minimum atomic E-state index is 0.915. The Morgan fingerprint density at radius 3 is 1.69 bits per heavy atom. The Morgan fingerprint density at radius 2 is 1.35 bits per heavy atom. The molecule has 0 heterocycles. The topological polar surface area (TPSA) is 0 Å². The lowest BCUT2D eigenvalue weighted by Gasteiger charge is -2.06. The molecular formula is C26H46. The van der Waals surface area contributed by atoms with Crippen LogP contribution in [0.4, 0.5) is 0 Å². The maximum atomic E-state index is 3.76. The summed E-state index contributed by atoms with van der Waals surface area (Å²) < 4.78 is 0. The number of aryl methyl sites for hydroxylation is 1. The average molecular weight is 359 g/mol. The predicted molar refractivity (Wildman–Crippen MR) is 126 cm³/mol. The third-order valence-corrected chi connectivity index (χ3v) is 3.59. The number of benzene rings is 1. The summed E-state index contributed by atoms with van der Waals surface area (Å²) in [7, 11) is 0. The van der Waals surface area contributed by atoms with Crippen LogP contribution in [0.2, 0.25) is 0 Å². The molecule has 0 amide bonds. The van der Waals surface area contributed by atoms with E-state index in [0.717, 1.165) is 6.42 Å². The van der Waals surface area contributed by atoms with Crippen molar-refractivity contribution in [3.63, 3.8) is 0 Å². The minimum absolute atomic E-state index is 0.915. The van der Waals surface area contributed by atoms with E-state index in [1.54, 1.807) is 6.08 Å². The largest absolute Gasteiger partial charge is 0.103 e. The van der Waals surface area contributed by atoms with E-state index in [-0.39, 0.29) is 0 Å². The Kier molecular flexibility index (Phi) is 28.9. The van der Waals surface area contributed by atoms with E-state index >= 15 is 0 Å². The number of hydrogen-bond donors (Lipinski definition) is 0. The highest BCUT2D eigenvalue weighted by Gasteiger charge is 1.99. The quantitative estimate of drug-likeness (QED) is 0.320. The van der Waals surface area contributed by atoms with E-state index in [0.29, 0.717) is 0 Å². The molecule has 1 aromatic rings. The van der Waals surface area contributed by atoms with Crippen LogP contribution < -0.4 is 0 Å². The molecule has 0 bridgehead atoms. The maximum Gasteiger partial charge on any atom is -0.00941 e. The van der Waals surface area contributed by atoms with Crippen molar-refractivity contribution in [2.45, 2.75) is 93.4 Å². The molecule has 0 atom stereocenters. The summed E-state index contributed by atoms with van der Waals surface area (Å²) in [6.07, 6.45) is 16.9. The molecule has 150 valence electrons. The van der Waals surface area contributed by atoms with Crippen molar-refractivity contribution in [1.82, 2.24) is 0 Å². The average Bonchev–Trinajstić information content (AvgIpc) is 2.66. The summed E-state index contributed by atoms with van der Waals surface area (Å²) >= 11 is 0. The minimum Gasteiger partial charge on any atom is -0.103 e. The van der Waals surface area contributed by atoms with Gasteiger partial charge in [0.15, 0.2) is 0 Å². The molecule has 0 unspecified atom stereocenters. The normalized spacial score (nSPS) is 9.04. The van der Waals surface area contributed by atoms with Crippen molar-refractivity contribution < 1.29 is 0 Å². The molecule has 0 N–H and O–H groups in total. The first-order valence-electron chi connectivity index (χ1n) is 10.6. The van der Waals surface area contributed by atoms with Crippen LogP contribution in [-0.4, -0.2) is 0 Å². The molecule has 0 nitrogen and oxygen atoms in total. The Labute approximate surface area is 166 Å². The van der Waals surface area contributed by atoms with Crippen LogP contribution in [-0.2, 0) is 6.42 Å². The van der Waals surface area contributed by atoms with Crippen molar-refractivity contribution >= 4 is 6.08 Å². The van der Waals surface area contributed by atoms with E-state index in [9.17, 15) is 0 Å². The molecule has 0 fully saturated rings. The van der Waals surface area contributed by atoms with Gasteiger partial charge in [-0.1, -0.05) is 129 Å². The SMILES string of the molecule is C=C/C=C\c1c(C)cccc1CC=C.CC.CCCCC.CCCCC. The molecule has 1 rings (SSSR count). The van der Waals surface area contributed by atoms with Crippen molar-refractivity contribution in [2.24, 2.45) is 0 Å². The summed E-state index contributed by atoms with van der Waals surface area (Å²) in [5, 5.41) is 0. The summed E-state index contributed by atoms with van der Waals surface area (Å²) in [5.74, 6) is 0. The summed E-state index contributed by atoms with van der Waals surface area (Å²) in [4.78, 5) is 0. The van der Waals surface area contributed by atoms with Gasteiger partial charge in [0.1, 0.15) is 0 Å². The predicted octanol–water partition coefficient (Wildman–Crippen LogP) is 9.34. The number of allylic oxidation sites excluding steroid dienone is 3. The fourth-order valence-corrected chi connectivity index (χ4v) is 2.18. The third-order valence-electron chi connectivity index (χ3n) is 3.59. The standard InChI is InChI=1S/C14H16.2C5H12.C2H6/c1-4-6-11-14-12(3)9-7-10-13(14)8-5-2;2*1-3-5-4-2;1-2/h4-7,9-11H,1-2,8H2,3H3;2*3-5H2,1-2H3;1-2H3/b11-6-;;;. The second kappa shape index (κ2) is 25.7. The van der Waals surface area contributed by atoms with Gasteiger partial charge < -0.3 is 0 Å². The molecule has 0 saturated heterocycles. The van der Waals surface area contributed by atoms with Gasteiger partial charge in [-0.05, 0) is 30.0 Å². The number of rotatable bonds is 8. The molecule has 0 radical (unpaired) electrons. The highest BCUT2D eigenvalue weighted by atomic mass is 14.0. The van der Waals surface area contributed by atoms with E-state index in [1.807, 2.05) is 26.0 Å². The van der Waals surface area contributed by atoms with E-state index < -0.39 is 0 Å². The summed E-state index contributed by atoms with van der Waals surface area (Å²) in [5.41, 5.74) is 3.90. The van der Waals surface area contributed by atoms with Crippen LogP contribution in [0.25, 0.3) is 6.08 Å². The van der Waals surface area contributed by atoms with Crippen LogP contribution in [0.1, 0.15) is 96.8 Å². The Morgan fingerprint density at radius 1 is 0.846 bits per heavy atom. The monoisotopic (exact) mass is 358 g/mol. The van der Waals surface area contributed by atoms with Crippen molar-refractivity contribution in [1.29, 1.82) is 0 Å². The molecule has 0 aromatic heterocycles. The fraction of sp³-hybridized carbons (Fsp3) is 0.538. The van der Waals surface area contributed by atoms with Gasteiger partial charge in [-0.3, -0.25) is 0 Å². The second-order valence-electron chi connectivity index (χ2n) is 5.94. The fourth-order valence-electron chi connectivity index (χ4n) is 2.18. The van der Waals surface area contributed by atoms with E-state index in [4.69, 9.17) is 0 Å². The Bertz CT molecular complexity index is 427. The number of hydrogen-bond acceptors (Lipinski definition) is 0. The van der Waals surface area contributed by atoms with Crippen LogP contribution >= 0.6 is 0 Å². The van der Waals surface area contributed by atoms with Gasteiger partial charge in [0, 0.05) is 0 Å². The molecule has 0 aliphatic rings. The highest BCUT2D eigenvalue weighted by Crippen LogP contribution is 2.16. The van der Waals surface area contributed by atoms with E-state index in [1.165, 1.54) is 55.2 Å². The first-order valence-corrected chi connectivity index (χ1v) is 10.6. The highest BCUT2D eigenvalue weighted by molar-refractivity contribution is 5.59. The van der Waals surface area contributed by atoms with Gasteiger partial charge in [0.25, 0.3) is 0 Å². The molecule has 0 aliphatic heterocycles. The van der Waals surface area contributed by atoms with Crippen molar-refractivity contribution in [3.05, 3.63) is 66.3 Å². The Balaban J connectivity index is -0.000000366. The lowest BCUT2D eigenvalue weighted by atomic mass is 9.99. The van der Waals surface area contributed by atoms with E-state index in [2.05, 4.69) is 72.1 Å². The zero-order valence-electron chi connectivity index (χ0n) is 18.9. The first-order chi connectivity index (χ1) is 12.6. The van der Waals surface area contributed by atoms with Crippen LogP contribution in [0, 0.1) is 6.92 Å². The van der Waals surface area contributed by atoms with Gasteiger partial charge in [-0.25, -0.2) is 0 Å². The molecular weight excluding hydrogens is 312 g/mol. The molecule has 0 heteroatoms. The summed E-state index contributed by atoms with van der Waals surface area (Å²) in [6.45, 7) is 22.4. The molecule has 26 heavy (non-hydrogen) atoms. The molecule has 0 saturated carbocycles. The van der Waals surface area contributed by atoms with Crippen molar-refractivity contribution in [3.8, 4) is 0 Å². The molecule has 0 aliphatic carbocycles. The van der Waals surface area contributed by atoms with Gasteiger partial charge in [-0.2, -0.15) is 0 Å². The lowest BCUT2D eigenvalue weighted by molar-refractivity contribution is 0.772. The van der Waals surface area contributed by atoms with Crippen LogP contribution in [0.15, 0.2) is 49.6 Å². The van der Waals surface area contributed by atoms with Gasteiger partial charge in [-0.15, -0.1) is 6.58 Å². The maximum absolute atomic E-state index is 3.76. The van der Waals surface area contributed by atoms with Crippen molar-refractivity contribution in [2.75, 3.05) is 0 Å².